The SMILES string of the molecule is Cc1ccncc1NC(=O)C=Cc1ccc([N+](=O)[O-])cc1. The van der Waals surface area contributed by atoms with E-state index in [4.69, 9.17) is 0 Å². The van der Waals surface area contributed by atoms with Gasteiger partial charge in [-0.3, -0.25) is 19.9 Å². The lowest BCUT2D eigenvalue weighted by atomic mass is 10.2. The molecule has 106 valence electrons. The summed E-state index contributed by atoms with van der Waals surface area (Å²) in [5.41, 5.74) is 2.29. The fraction of sp³-hybridized carbons (Fsp3) is 0.0667. The predicted octanol–water partition coefficient (Wildman–Crippen LogP) is 2.95. The van der Waals surface area contributed by atoms with E-state index in [-0.39, 0.29) is 11.6 Å². The third kappa shape index (κ3) is 3.97. The van der Waals surface area contributed by atoms with Crippen LogP contribution in [0, 0.1) is 17.0 Å². The number of amides is 1. The molecular formula is C15H13N3O3. The molecule has 2 rings (SSSR count). The Hall–Kier alpha value is -3.02. The quantitative estimate of drug-likeness (QED) is 0.531. The Bertz CT molecular complexity index is 694. The number of nitro benzene ring substituents is 1. The van der Waals surface area contributed by atoms with E-state index in [0.29, 0.717) is 11.3 Å². The second kappa shape index (κ2) is 6.42. The molecule has 0 bridgehead atoms. The molecule has 1 amide bonds. The Balaban J connectivity index is 2.02. The topological polar surface area (TPSA) is 85.1 Å². The minimum atomic E-state index is -0.467. The van der Waals surface area contributed by atoms with Gasteiger partial charge < -0.3 is 5.32 Å². The molecule has 6 nitrogen and oxygen atoms in total. The number of non-ortho nitro benzene ring substituents is 1. The highest BCUT2D eigenvalue weighted by atomic mass is 16.6. The van der Waals surface area contributed by atoms with Crippen LogP contribution < -0.4 is 5.32 Å². The maximum atomic E-state index is 11.8. The number of pyridine rings is 1. The van der Waals surface area contributed by atoms with Gasteiger partial charge in [0.1, 0.15) is 0 Å². The van der Waals surface area contributed by atoms with Crippen LogP contribution in [0.2, 0.25) is 0 Å². The summed E-state index contributed by atoms with van der Waals surface area (Å²) in [7, 11) is 0. The summed E-state index contributed by atoms with van der Waals surface area (Å²) in [5.74, 6) is -0.288. The molecule has 6 heteroatoms. The number of aryl methyl sites for hydroxylation is 1. The van der Waals surface area contributed by atoms with Gasteiger partial charge in [0.2, 0.25) is 5.91 Å². The number of rotatable bonds is 4. The molecule has 0 saturated heterocycles. The van der Waals surface area contributed by atoms with Crippen LogP contribution in [-0.4, -0.2) is 15.8 Å². The Morgan fingerprint density at radius 3 is 2.62 bits per heavy atom. The van der Waals surface area contributed by atoms with Crippen molar-refractivity contribution in [1.29, 1.82) is 0 Å². The van der Waals surface area contributed by atoms with E-state index in [0.717, 1.165) is 5.56 Å². The largest absolute Gasteiger partial charge is 0.321 e. The van der Waals surface area contributed by atoms with Gasteiger partial charge in [0.15, 0.2) is 0 Å². The number of benzene rings is 1. The number of aromatic nitrogens is 1. The molecule has 0 atom stereocenters. The van der Waals surface area contributed by atoms with Crippen LogP contribution in [0.15, 0.2) is 48.8 Å². The number of hydrogen-bond acceptors (Lipinski definition) is 4. The summed E-state index contributed by atoms with van der Waals surface area (Å²) in [6, 6.07) is 7.75. The van der Waals surface area contributed by atoms with Crippen molar-refractivity contribution in [3.05, 3.63) is 70.0 Å². The third-order valence-corrected chi connectivity index (χ3v) is 2.83. The van der Waals surface area contributed by atoms with Crippen molar-refractivity contribution in [2.45, 2.75) is 6.92 Å². The molecule has 0 aliphatic heterocycles. The van der Waals surface area contributed by atoms with E-state index in [2.05, 4.69) is 10.3 Å². The van der Waals surface area contributed by atoms with Gasteiger partial charge >= 0.3 is 0 Å². The highest BCUT2D eigenvalue weighted by molar-refractivity contribution is 6.02. The maximum absolute atomic E-state index is 11.8. The Morgan fingerprint density at radius 1 is 1.29 bits per heavy atom. The zero-order valence-electron chi connectivity index (χ0n) is 11.3. The summed E-state index contributed by atoms with van der Waals surface area (Å²) in [5, 5.41) is 13.2. The second-order valence-electron chi connectivity index (χ2n) is 4.36. The zero-order chi connectivity index (χ0) is 15.2. The van der Waals surface area contributed by atoms with Crippen LogP contribution in [0.3, 0.4) is 0 Å². The molecule has 0 saturated carbocycles. The Kier molecular flexibility index (Phi) is 4.40. The monoisotopic (exact) mass is 283 g/mol. The summed E-state index contributed by atoms with van der Waals surface area (Å²) >= 11 is 0. The average Bonchev–Trinajstić information content (AvgIpc) is 2.48. The van der Waals surface area contributed by atoms with Gasteiger partial charge in [-0.1, -0.05) is 0 Å². The van der Waals surface area contributed by atoms with Crippen LogP contribution in [0.1, 0.15) is 11.1 Å². The molecule has 0 spiro atoms. The summed E-state index contributed by atoms with van der Waals surface area (Å²) < 4.78 is 0. The summed E-state index contributed by atoms with van der Waals surface area (Å²) in [6.45, 7) is 1.87. The molecule has 2 aromatic rings. The first-order valence-corrected chi connectivity index (χ1v) is 6.20. The highest BCUT2D eigenvalue weighted by Gasteiger charge is 2.03. The standard InChI is InChI=1S/C15H13N3O3/c1-11-8-9-16-10-14(11)17-15(19)7-4-12-2-5-13(6-3-12)18(20)21/h2-10H,1H3,(H,17,19). The van der Waals surface area contributed by atoms with Crippen LogP contribution in [0.5, 0.6) is 0 Å². The summed E-state index contributed by atoms with van der Waals surface area (Å²) in [4.78, 5) is 25.8. The van der Waals surface area contributed by atoms with Crippen molar-refractivity contribution in [3.8, 4) is 0 Å². The van der Waals surface area contributed by atoms with Gasteiger partial charge in [-0.05, 0) is 42.3 Å². The van der Waals surface area contributed by atoms with E-state index in [1.54, 1.807) is 36.7 Å². The van der Waals surface area contributed by atoms with Gasteiger partial charge in [-0.2, -0.15) is 0 Å². The van der Waals surface area contributed by atoms with Crippen molar-refractivity contribution < 1.29 is 9.72 Å². The fourth-order valence-corrected chi connectivity index (χ4v) is 1.65. The lowest BCUT2D eigenvalue weighted by Crippen LogP contribution is -2.09. The van der Waals surface area contributed by atoms with E-state index in [1.165, 1.54) is 18.2 Å². The van der Waals surface area contributed by atoms with E-state index in [1.807, 2.05) is 6.92 Å². The number of carbonyl (C=O) groups excluding carboxylic acids is 1. The lowest BCUT2D eigenvalue weighted by molar-refractivity contribution is -0.384. The van der Waals surface area contributed by atoms with Gasteiger partial charge in [-0.25, -0.2) is 0 Å². The van der Waals surface area contributed by atoms with Crippen LogP contribution in [0.4, 0.5) is 11.4 Å². The van der Waals surface area contributed by atoms with Crippen molar-refractivity contribution in [2.75, 3.05) is 5.32 Å². The van der Waals surface area contributed by atoms with Crippen LogP contribution in [-0.2, 0) is 4.79 Å². The molecule has 1 heterocycles. The smallest absolute Gasteiger partial charge is 0.269 e. The number of nitrogens with one attached hydrogen (secondary N) is 1. The first kappa shape index (κ1) is 14.4. The lowest BCUT2D eigenvalue weighted by Gasteiger charge is -2.04. The minimum absolute atomic E-state index is 0.0163. The average molecular weight is 283 g/mol. The van der Waals surface area contributed by atoms with Gasteiger partial charge in [0.25, 0.3) is 5.69 Å². The number of anilines is 1. The minimum Gasteiger partial charge on any atom is -0.321 e. The van der Waals surface area contributed by atoms with Gasteiger partial charge in [0.05, 0.1) is 16.8 Å². The number of carbonyl (C=O) groups is 1. The molecule has 1 aromatic carbocycles. The molecule has 21 heavy (non-hydrogen) atoms. The van der Waals surface area contributed by atoms with Crippen molar-refractivity contribution in [3.63, 3.8) is 0 Å². The van der Waals surface area contributed by atoms with Crippen LogP contribution >= 0.6 is 0 Å². The number of nitro groups is 1. The fourth-order valence-electron chi connectivity index (χ4n) is 1.65. The number of hydrogen-bond donors (Lipinski definition) is 1. The molecule has 0 unspecified atom stereocenters. The molecule has 0 aliphatic rings. The zero-order valence-corrected chi connectivity index (χ0v) is 11.3. The third-order valence-electron chi connectivity index (χ3n) is 2.83. The highest BCUT2D eigenvalue weighted by Crippen LogP contribution is 2.14. The van der Waals surface area contributed by atoms with Crippen molar-refractivity contribution >= 4 is 23.4 Å². The van der Waals surface area contributed by atoms with E-state index in [9.17, 15) is 14.9 Å². The van der Waals surface area contributed by atoms with Gasteiger partial charge in [-0.15, -0.1) is 0 Å². The normalized spacial score (nSPS) is 10.5. The first-order chi connectivity index (χ1) is 10.1. The van der Waals surface area contributed by atoms with Gasteiger partial charge in [0, 0.05) is 24.4 Å². The Labute approximate surface area is 121 Å². The van der Waals surface area contributed by atoms with Crippen molar-refractivity contribution in [1.82, 2.24) is 4.98 Å². The predicted molar refractivity (Wildman–Crippen MR) is 79.7 cm³/mol. The first-order valence-electron chi connectivity index (χ1n) is 6.20. The van der Waals surface area contributed by atoms with Crippen LogP contribution in [0.25, 0.3) is 6.08 Å². The molecule has 0 aliphatic carbocycles. The Morgan fingerprint density at radius 2 is 2.00 bits per heavy atom. The van der Waals surface area contributed by atoms with E-state index >= 15 is 0 Å². The second-order valence-corrected chi connectivity index (χ2v) is 4.36. The molecule has 1 aromatic heterocycles. The molecule has 0 radical (unpaired) electrons. The molecule has 0 fully saturated rings. The maximum Gasteiger partial charge on any atom is 0.269 e. The molecular weight excluding hydrogens is 270 g/mol. The van der Waals surface area contributed by atoms with E-state index < -0.39 is 4.92 Å². The van der Waals surface area contributed by atoms with Crippen molar-refractivity contribution in [2.24, 2.45) is 0 Å². The molecule has 1 N–H and O–H groups in total. The summed E-state index contributed by atoms with van der Waals surface area (Å²) in [6.07, 6.45) is 6.18. The number of nitrogens with zero attached hydrogens (tertiary/aromatic N) is 2.